The fourth-order valence-corrected chi connectivity index (χ4v) is 3.91. The number of nitrogens with one attached hydrogen (secondary N) is 1. The van der Waals surface area contributed by atoms with Gasteiger partial charge in [-0.1, -0.05) is 5.16 Å². The molecule has 0 bridgehead atoms. The van der Waals surface area contributed by atoms with Crippen molar-refractivity contribution in [3.63, 3.8) is 0 Å². The number of oxime groups is 1. The van der Waals surface area contributed by atoms with Crippen molar-refractivity contribution in [2.75, 3.05) is 47.3 Å². The molecule has 1 aromatic carbocycles. The van der Waals surface area contributed by atoms with Crippen molar-refractivity contribution in [3.8, 4) is 23.0 Å². The fraction of sp³-hybridized carbons (Fsp3) is 0.650. The Hall–Kier alpha value is -2.19. The van der Waals surface area contributed by atoms with Gasteiger partial charge in [-0.05, 0) is 31.4 Å². The molecule has 0 radical (unpaired) electrons. The van der Waals surface area contributed by atoms with Crippen LogP contribution in [-0.4, -0.2) is 59.1 Å². The van der Waals surface area contributed by atoms with Crippen LogP contribution in [0.15, 0.2) is 11.2 Å². The fourth-order valence-electron chi connectivity index (χ4n) is 3.91. The van der Waals surface area contributed by atoms with E-state index in [1.807, 2.05) is 6.07 Å². The van der Waals surface area contributed by atoms with Crippen molar-refractivity contribution in [3.05, 3.63) is 11.6 Å². The summed E-state index contributed by atoms with van der Waals surface area (Å²) in [5.74, 6) is 3.18. The van der Waals surface area contributed by atoms with Crippen molar-refractivity contribution in [1.29, 1.82) is 0 Å². The van der Waals surface area contributed by atoms with Gasteiger partial charge >= 0.3 is 0 Å². The van der Waals surface area contributed by atoms with Gasteiger partial charge in [-0.25, -0.2) is 0 Å². The first kappa shape index (κ1) is 19.1. The highest BCUT2D eigenvalue weighted by atomic mass is 16.7. The molecule has 28 heavy (non-hydrogen) atoms. The van der Waals surface area contributed by atoms with Gasteiger partial charge in [0.2, 0.25) is 18.3 Å². The summed E-state index contributed by atoms with van der Waals surface area (Å²) in [4.78, 5) is 5.66. The Bertz CT molecular complexity index is 717. The SMILES string of the molecule is COc1cc(C[C@@H]2CC(CNCC3CCOCC3)=NO2)c(OC)c2c1OCO2. The number of hydrogen-bond acceptors (Lipinski definition) is 8. The molecule has 1 saturated heterocycles. The van der Waals surface area contributed by atoms with Crippen molar-refractivity contribution < 1.29 is 28.5 Å². The van der Waals surface area contributed by atoms with E-state index in [1.54, 1.807) is 14.2 Å². The number of methoxy groups -OCH3 is 2. The highest BCUT2D eigenvalue weighted by Crippen LogP contribution is 2.49. The lowest BCUT2D eigenvalue weighted by Gasteiger charge is -2.22. The second-order valence-electron chi connectivity index (χ2n) is 7.32. The Labute approximate surface area is 165 Å². The van der Waals surface area contributed by atoms with E-state index in [4.69, 9.17) is 28.5 Å². The Morgan fingerprint density at radius 2 is 1.96 bits per heavy atom. The molecule has 1 N–H and O–H groups in total. The lowest BCUT2D eigenvalue weighted by atomic mass is 10.00. The van der Waals surface area contributed by atoms with Crippen LogP contribution in [-0.2, 0) is 16.0 Å². The topological polar surface area (TPSA) is 79.8 Å². The molecule has 8 heteroatoms. The van der Waals surface area contributed by atoms with E-state index in [9.17, 15) is 0 Å². The normalized spacial score (nSPS) is 21.4. The quantitative estimate of drug-likeness (QED) is 0.726. The van der Waals surface area contributed by atoms with E-state index in [0.717, 1.165) is 56.8 Å². The summed E-state index contributed by atoms with van der Waals surface area (Å²) in [6, 6.07) is 1.93. The van der Waals surface area contributed by atoms with Gasteiger partial charge < -0.3 is 33.8 Å². The van der Waals surface area contributed by atoms with Gasteiger partial charge in [-0.15, -0.1) is 0 Å². The number of rotatable bonds is 8. The van der Waals surface area contributed by atoms with Gasteiger partial charge in [0.15, 0.2) is 11.5 Å². The highest BCUT2D eigenvalue weighted by molar-refractivity contribution is 5.87. The third-order valence-corrected chi connectivity index (χ3v) is 5.41. The Morgan fingerprint density at radius 3 is 2.75 bits per heavy atom. The number of nitrogens with zero attached hydrogens (tertiary/aromatic N) is 1. The summed E-state index contributed by atoms with van der Waals surface area (Å²) in [7, 11) is 3.25. The Morgan fingerprint density at radius 1 is 1.14 bits per heavy atom. The molecule has 8 nitrogen and oxygen atoms in total. The smallest absolute Gasteiger partial charge is 0.231 e. The van der Waals surface area contributed by atoms with Crippen LogP contribution in [0.1, 0.15) is 24.8 Å². The predicted octanol–water partition coefficient (Wildman–Crippen LogP) is 2.14. The van der Waals surface area contributed by atoms with E-state index in [2.05, 4.69) is 10.5 Å². The minimum absolute atomic E-state index is 0.0288. The van der Waals surface area contributed by atoms with Crippen molar-refractivity contribution in [2.45, 2.75) is 31.8 Å². The van der Waals surface area contributed by atoms with E-state index < -0.39 is 0 Å². The van der Waals surface area contributed by atoms with Crippen molar-refractivity contribution in [2.24, 2.45) is 11.1 Å². The van der Waals surface area contributed by atoms with Gasteiger partial charge in [-0.3, -0.25) is 0 Å². The number of fused-ring (bicyclic) bond motifs is 1. The van der Waals surface area contributed by atoms with Gasteiger partial charge in [-0.2, -0.15) is 0 Å². The summed E-state index contributed by atoms with van der Waals surface area (Å²) in [5.41, 5.74) is 2.00. The maximum Gasteiger partial charge on any atom is 0.231 e. The van der Waals surface area contributed by atoms with Gasteiger partial charge in [0, 0.05) is 38.2 Å². The molecule has 3 heterocycles. The zero-order valence-corrected chi connectivity index (χ0v) is 16.5. The van der Waals surface area contributed by atoms with Crippen LogP contribution in [0.4, 0.5) is 0 Å². The van der Waals surface area contributed by atoms with Crippen LogP contribution in [0.2, 0.25) is 0 Å². The average molecular weight is 392 g/mol. The molecule has 0 aliphatic carbocycles. The largest absolute Gasteiger partial charge is 0.493 e. The lowest BCUT2D eigenvalue weighted by Crippen LogP contribution is -2.31. The number of hydrogen-bond donors (Lipinski definition) is 1. The first-order chi connectivity index (χ1) is 13.8. The van der Waals surface area contributed by atoms with Crippen LogP contribution in [0, 0.1) is 5.92 Å². The van der Waals surface area contributed by atoms with Crippen LogP contribution in [0.3, 0.4) is 0 Å². The number of ether oxygens (including phenoxy) is 5. The standard InChI is InChI=1S/C20H28N2O6/c1-23-17-8-14(18(24-2)20-19(17)26-12-27-20)7-16-9-15(22-28-16)11-21-10-13-3-5-25-6-4-13/h8,13,16,21H,3-7,9-12H2,1-2H3/t16-/m1/s1. The first-order valence-electron chi connectivity index (χ1n) is 9.82. The third-order valence-electron chi connectivity index (χ3n) is 5.41. The molecular weight excluding hydrogens is 364 g/mol. The zero-order chi connectivity index (χ0) is 19.3. The molecule has 3 aliphatic rings. The predicted molar refractivity (Wildman–Crippen MR) is 103 cm³/mol. The van der Waals surface area contributed by atoms with Crippen LogP contribution >= 0.6 is 0 Å². The molecule has 1 atom stereocenters. The van der Waals surface area contributed by atoms with Gasteiger partial charge in [0.05, 0.1) is 19.9 Å². The lowest BCUT2D eigenvalue weighted by molar-refractivity contribution is 0.0667. The van der Waals surface area contributed by atoms with Crippen LogP contribution in [0.5, 0.6) is 23.0 Å². The molecule has 3 aliphatic heterocycles. The summed E-state index contributed by atoms with van der Waals surface area (Å²) < 4.78 is 27.5. The van der Waals surface area contributed by atoms with Crippen molar-refractivity contribution >= 4 is 5.71 Å². The molecule has 1 aromatic rings. The molecule has 0 unspecified atom stereocenters. The minimum Gasteiger partial charge on any atom is -0.493 e. The molecule has 0 spiro atoms. The maximum atomic E-state index is 5.66. The van der Waals surface area contributed by atoms with Crippen LogP contribution in [0.25, 0.3) is 0 Å². The summed E-state index contributed by atoms with van der Waals surface area (Å²) in [5, 5.41) is 7.78. The monoisotopic (exact) mass is 392 g/mol. The van der Waals surface area contributed by atoms with E-state index in [1.165, 1.54) is 0 Å². The third kappa shape index (κ3) is 4.12. The molecular formula is C20H28N2O6. The van der Waals surface area contributed by atoms with Crippen molar-refractivity contribution in [1.82, 2.24) is 5.32 Å². The first-order valence-corrected chi connectivity index (χ1v) is 9.82. The van der Waals surface area contributed by atoms with E-state index in [-0.39, 0.29) is 12.9 Å². The Kier molecular flexibility index (Phi) is 6.07. The molecule has 0 saturated carbocycles. The maximum absolute atomic E-state index is 5.66. The minimum atomic E-state index is -0.0288. The van der Waals surface area contributed by atoms with Gasteiger partial charge in [0.1, 0.15) is 6.10 Å². The summed E-state index contributed by atoms with van der Waals surface area (Å²) in [6.07, 6.45) is 3.68. The molecule has 4 rings (SSSR count). The average Bonchev–Trinajstić information content (AvgIpc) is 3.38. The summed E-state index contributed by atoms with van der Waals surface area (Å²) in [6.45, 7) is 3.67. The molecule has 0 aromatic heterocycles. The molecule has 1 fully saturated rings. The zero-order valence-electron chi connectivity index (χ0n) is 16.5. The Balaban J connectivity index is 1.32. The number of benzene rings is 1. The van der Waals surface area contributed by atoms with E-state index >= 15 is 0 Å². The molecule has 0 amide bonds. The van der Waals surface area contributed by atoms with Crippen LogP contribution < -0.4 is 24.3 Å². The highest BCUT2D eigenvalue weighted by Gasteiger charge is 2.30. The van der Waals surface area contributed by atoms with E-state index in [0.29, 0.717) is 35.3 Å². The molecule has 154 valence electrons. The second-order valence-corrected chi connectivity index (χ2v) is 7.32. The van der Waals surface area contributed by atoms with Gasteiger partial charge in [0.25, 0.3) is 0 Å². The summed E-state index contributed by atoms with van der Waals surface area (Å²) >= 11 is 0. The second kappa shape index (κ2) is 8.87.